The molecule has 1 fully saturated rings. The Morgan fingerprint density at radius 1 is 1.15 bits per heavy atom. The number of nitrogens with zero attached hydrogens (tertiary/aromatic N) is 4. The van der Waals surface area contributed by atoms with Crippen LogP contribution in [0.3, 0.4) is 0 Å². The molecule has 0 saturated carbocycles. The number of nitrogens with one attached hydrogen (secondary N) is 1. The Labute approximate surface area is 228 Å². The van der Waals surface area contributed by atoms with Gasteiger partial charge in [-0.05, 0) is 70.9 Å². The fourth-order valence-corrected chi connectivity index (χ4v) is 5.47. The van der Waals surface area contributed by atoms with E-state index in [1.165, 1.54) is 0 Å². The third-order valence-electron chi connectivity index (χ3n) is 7.21. The number of aryl methyl sites for hydroxylation is 2. The molecule has 2 aromatic heterocycles. The van der Waals surface area contributed by atoms with Crippen molar-refractivity contribution in [3.05, 3.63) is 48.0 Å². The number of piperidine rings is 1. The molecule has 1 N–H and O–H groups in total. The average Bonchev–Trinajstić information content (AvgIpc) is 3.43. The highest BCUT2D eigenvalue weighted by molar-refractivity contribution is 5.98. The van der Waals surface area contributed by atoms with Gasteiger partial charge < -0.3 is 28.8 Å². The number of fused-ring (bicyclic) bond motifs is 2. The van der Waals surface area contributed by atoms with Crippen LogP contribution in [0.5, 0.6) is 5.75 Å². The first-order valence-electron chi connectivity index (χ1n) is 13.5. The number of rotatable bonds is 5. The number of amides is 2. The summed E-state index contributed by atoms with van der Waals surface area (Å²) in [5, 5.41) is 4.01. The molecule has 2 aromatic carbocycles. The Hall–Kier alpha value is -4.01. The van der Waals surface area contributed by atoms with E-state index in [1.807, 2.05) is 58.2 Å². The molecule has 9 heteroatoms. The summed E-state index contributed by atoms with van der Waals surface area (Å²) in [6, 6.07) is 13.7. The van der Waals surface area contributed by atoms with E-state index in [1.54, 1.807) is 12.0 Å². The molecule has 1 saturated heterocycles. The summed E-state index contributed by atoms with van der Waals surface area (Å²) in [6.45, 7) is 9.47. The predicted molar refractivity (Wildman–Crippen MR) is 152 cm³/mol. The van der Waals surface area contributed by atoms with Gasteiger partial charge in [-0.1, -0.05) is 12.1 Å². The zero-order valence-corrected chi connectivity index (χ0v) is 23.6. The lowest BCUT2D eigenvalue weighted by atomic mass is 10.0. The van der Waals surface area contributed by atoms with Gasteiger partial charge >= 0.3 is 6.09 Å². The molecule has 9 nitrogen and oxygen atoms in total. The average molecular weight is 532 g/mol. The number of hydrogen-bond acceptors (Lipinski definition) is 5. The topological polar surface area (TPSA) is 90.6 Å². The number of ether oxygens (including phenoxy) is 2. The Bertz CT molecular complexity index is 1540. The number of benzene rings is 2. The van der Waals surface area contributed by atoms with Gasteiger partial charge in [0.15, 0.2) is 5.82 Å². The Kier molecular flexibility index (Phi) is 7.01. The zero-order chi connectivity index (χ0) is 27.9. The highest BCUT2D eigenvalue weighted by Gasteiger charge is 2.28. The van der Waals surface area contributed by atoms with Gasteiger partial charge in [-0.25, -0.2) is 9.78 Å². The van der Waals surface area contributed by atoms with Crippen molar-refractivity contribution in [3.8, 4) is 17.3 Å². The molecular formula is C30H37N5O4. The molecule has 0 unspecified atom stereocenters. The molecule has 5 rings (SSSR count). The maximum Gasteiger partial charge on any atom is 0.407 e. The maximum atomic E-state index is 13.5. The van der Waals surface area contributed by atoms with Crippen LogP contribution in [0.2, 0.25) is 0 Å². The van der Waals surface area contributed by atoms with Crippen molar-refractivity contribution in [2.45, 2.75) is 58.7 Å². The van der Waals surface area contributed by atoms with E-state index in [-0.39, 0.29) is 11.9 Å². The molecule has 2 amide bonds. The van der Waals surface area contributed by atoms with Crippen LogP contribution in [-0.2, 0) is 18.3 Å². The number of carbonyl (C=O) groups excluding carboxylic acids is 2. The molecule has 3 heterocycles. The monoisotopic (exact) mass is 531 g/mol. The molecule has 0 spiro atoms. The van der Waals surface area contributed by atoms with Crippen LogP contribution in [0.15, 0.2) is 42.5 Å². The smallest absolute Gasteiger partial charge is 0.407 e. The predicted octanol–water partition coefficient (Wildman–Crippen LogP) is 5.35. The van der Waals surface area contributed by atoms with Crippen molar-refractivity contribution < 1.29 is 19.1 Å². The SMILES string of the molecule is CCn1c(-c2nc3cc(C(=O)N4CCC[C@@H](NC(=O)OC(C)(C)C)C4)ccc3n2C)cc2cccc(OC)c21. The second-order valence-corrected chi connectivity index (χ2v) is 11.1. The second-order valence-electron chi connectivity index (χ2n) is 11.1. The van der Waals surface area contributed by atoms with Crippen LogP contribution in [0.4, 0.5) is 4.79 Å². The number of alkyl carbamates (subject to hydrolysis) is 1. The quantitative estimate of drug-likeness (QED) is 0.375. The molecule has 1 atom stereocenters. The van der Waals surface area contributed by atoms with Gasteiger partial charge in [0, 0.05) is 43.7 Å². The maximum absolute atomic E-state index is 13.5. The van der Waals surface area contributed by atoms with Gasteiger partial charge in [-0.3, -0.25) is 4.79 Å². The number of hydrogen-bond donors (Lipinski definition) is 1. The molecule has 4 aromatic rings. The highest BCUT2D eigenvalue weighted by atomic mass is 16.6. The van der Waals surface area contributed by atoms with Crippen molar-refractivity contribution in [2.24, 2.45) is 7.05 Å². The fraction of sp³-hybridized carbons (Fsp3) is 0.433. The van der Waals surface area contributed by atoms with Crippen molar-refractivity contribution >= 4 is 33.9 Å². The van der Waals surface area contributed by atoms with Gasteiger partial charge in [0.2, 0.25) is 0 Å². The molecule has 1 aliphatic heterocycles. The zero-order valence-electron chi connectivity index (χ0n) is 23.6. The third-order valence-corrected chi connectivity index (χ3v) is 7.21. The number of imidazole rings is 1. The van der Waals surface area contributed by atoms with Crippen LogP contribution in [0, 0.1) is 0 Å². The van der Waals surface area contributed by atoms with E-state index in [0.29, 0.717) is 18.7 Å². The van der Waals surface area contributed by atoms with Crippen LogP contribution >= 0.6 is 0 Å². The summed E-state index contributed by atoms with van der Waals surface area (Å²) in [5.74, 6) is 1.59. The fourth-order valence-electron chi connectivity index (χ4n) is 5.47. The number of carbonyl (C=O) groups is 2. The first-order chi connectivity index (χ1) is 18.6. The molecule has 206 valence electrons. The van der Waals surface area contributed by atoms with Crippen molar-refractivity contribution in [3.63, 3.8) is 0 Å². The largest absolute Gasteiger partial charge is 0.495 e. The van der Waals surface area contributed by atoms with Crippen LogP contribution in [0.1, 0.15) is 50.9 Å². The molecule has 0 bridgehead atoms. The van der Waals surface area contributed by atoms with Gasteiger partial charge in [0.05, 0.1) is 29.4 Å². The number of para-hydroxylation sites is 1. The Morgan fingerprint density at radius 3 is 2.67 bits per heavy atom. The van der Waals surface area contributed by atoms with E-state index in [0.717, 1.165) is 58.6 Å². The van der Waals surface area contributed by atoms with Gasteiger partial charge in [0.1, 0.15) is 11.4 Å². The first-order valence-corrected chi connectivity index (χ1v) is 13.5. The lowest BCUT2D eigenvalue weighted by Gasteiger charge is -2.33. The molecule has 0 radical (unpaired) electrons. The highest BCUT2D eigenvalue weighted by Crippen LogP contribution is 2.34. The molecule has 0 aliphatic carbocycles. The summed E-state index contributed by atoms with van der Waals surface area (Å²) >= 11 is 0. The van der Waals surface area contributed by atoms with Crippen LogP contribution < -0.4 is 10.1 Å². The molecule has 39 heavy (non-hydrogen) atoms. The van der Waals surface area contributed by atoms with Crippen molar-refractivity contribution in [1.29, 1.82) is 0 Å². The normalized spacial score (nSPS) is 16.1. The van der Waals surface area contributed by atoms with E-state index in [2.05, 4.69) is 33.5 Å². The summed E-state index contributed by atoms with van der Waals surface area (Å²) in [5.41, 5.74) is 3.77. The number of aromatic nitrogens is 3. The molecule has 1 aliphatic rings. The Balaban J connectivity index is 1.41. The minimum Gasteiger partial charge on any atom is -0.495 e. The van der Waals surface area contributed by atoms with E-state index in [9.17, 15) is 9.59 Å². The Morgan fingerprint density at radius 2 is 1.95 bits per heavy atom. The van der Waals surface area contributed by atoms with E-state index in [4.69, 9.17) is 14.5 Å². The summed E-state index contributed by atoms with van der Waals surface area (Å²) in [7, 11) is 3.69. The van der Waals surface area contributed by atoms with Crippen LogP contribution in [0.25, 0.3) is 33.5 Å². The van der Waals surface area contributed by atoms with Crippen LogP contribution in [-0.4, -0.2) is 62.9 Å². The summed E-state index contributed by atoms with van der Waals surface area (Å²) in [4.78, 5) is 32.5. The van der Waals surface area contributed by atoms with E-state index < -0.39 is 11.7 Å². The molecular weight excluding hydrogens is 494 g/mol. The number of methoxy groups -OCH3 is 1. The number of likely N-dealkylation sites (tertiary alicyclic amines) is 1. The standard InChI is InChI=1S/C30H37N5O4/c1-7-35-24(17-19-10-8-12-25(38-6)26(19)35)27-32-22-16-20(13-14-23(22)33(27)5)28(36)34-15-9-11-21(18-34)31-29(37)39-30(2,3)4/h8,10,12-14,16-17,21H,7,9,11,15,18H2,1-6H3,(H,31,37)/t21-/m1/s1. The second kappa shape index (κ2) is 10.3. The lowest BCUT2D eigenvalue weighted by molar-refractivity contribution is 0.0452. The van der Waals surface area contributed by atoms with Gasteiger partial charge in [-0.15, -0.1) is 0 Å². The minimum absolute atomic E-state index is 0.0628. The summed E-state index contributed by atoms with van der Waals surface area (Å²) in [6.07, 6.45) is 1.17. The van der Waals surface area contributed by atoms with Gasteiger partial charge in [0.25, 0.3) is 5.91 Å². The third kappa shape index (κ3) is 5.17. The minimum atomic E-state index is -0.567. The summed E-state index contributed by atoms with van der Waals surface area (Å²) < 4.78 is 15.3. The first kappa shape index (κ1) is 26.6. The van der Waals surface area contributed by atoms with E-state index >= 15 is 0 Å². The van der Waals surface area contributed by atoms with Crippen molar-refractivity contribution in [2.75, 3.05) is 20.2 Å². The van der Waals surface area contributed by atoms with Crippen molar-refractivity contribution in [1.82, 2.24) is 24.3 Å². The van der Waals surface area contributed by atoms with Gasteiger partial charge in [-0.2, -0.15) is 0 Å². The lowest BCUT2D eigenvalue weighted by Crippen LogP contribution is -2.50.